The highest BCUT2D eigenvalue weighted by atomic mass is 35.5. The van der Waals surface area contributed by atoms with Crippen molar-refractivity contribution in [3.05, 3.63) is 81.6 Å². The maximum absolute atomic E-state index is 12.5. The lowest BCUT2D eigenvalue weighted by molar-refractivity contribution is 0.847. The van der Waals surface area contributed by atoms with E-state index >= 15 is 0 Å². The quantitative estimate of drug-likeness (QED) is 0.442. The minimum absolute atomic E-state index is 0.250. The van der Waals surface area contributed by atoms with Gasteiger partial charge in [0.05, 0.1) is 40.0 Å². The Bertz CT molecular complexity index is 1420. The third-order valence-corrected chi connectivity index (χ3v) is 4.77. The van der Waals surface area contributed by atoms with Crippen molar-refractivity contribution < 1.29 is 0 Å². The molecule has 4 heterocycles. The van der Waals surface area contributed by atoms with Crippen LogP contribution in [0.15, 0.2) is 66.0 Å². The molecule has 11 heteroatoms. The number of aromatic nitrogens is 7. The molecule has 0 aliphatic heterocycles. The zero-order chi connectivity index (χ0) is 20.7. The molecule has 0 bridgehead atoms. The van der Waals surface area contributed by atoms with Gasteiger partial charge in [0.25, 0.3) is 5.56 Å². The Hall–Kier alpha value is -3.69. The van der Waals surface area contributed by atoms with E-state index in [1.165, 1.54) is 17.1 Å². The molecule has 5 aromatic rings. The van der Waals surface area contributed by atoms with Crippen molar-refractivity contribution in [1.29, 1.82) is 0 Å². The fraction of sp³-hybridized carbons (Fsp3) is 0. The normalized spacial score (nSPS) is 11.1. The number of fused-ring (bicyclic) bond motifs is 1. The lowest BCUT2D eigenvalue weighted by Gasteiger charge is -2.05. The Labute approximate surface area is 178 Å². The number of benzene rings is 1. The molecule has 30 heavy (non-hydrogen) atoms. The van der Waals surface area contributed by atoms with Crippen molar-refractivity contribution in [2.75, 3.05) is 5.32 Å². The molecule has 148 valence electrons. The largest absolute Gasteiger partial charge is 0.323 e. The monoisotopic (exact) mass is 438 g/mol. The summed E-state index contributed by atoms with van der Waals surface area (Å²) in [7, 11) is 0. The number of nitrogens with one attached hydrogen (secondary N) is 2. The summed E-state index contributed by atoms with van der Waals surface area (Å²) >= 11 is 12.1. The molecule has 2 N–H and O–H groups in total. The average molecular weight is 439 g/mol. The van der Waals surface area contributed by atoms with Crippen LogP contribution in [0.1, 0.15) is 0 Å². The van der Waals surface area contributed by atoms with Crippen molar-refractivity contribution >= 4 is 45.9 Å². The van der Waals surface area contributed by atoms with Crippen molar-refractivity contribution in [3.8, 4) is 11.5 Å². The first-order valence-electron chi connectivity index (χ1n) is 8.75. The minimum atomic E-state index is -0.306. The van der Waals surface area contributed by atoms with E-state index in [0.29, 0.717) is 32.6 Å². The Kier molecular flexibility index (Phi) is 4.46. The summed E-state index contributed by atoms with van der Waals surface area (Å²) in [6.45, 7) is 0. The molecule has 0 amide bonds. The van der Waals surface area contributed by atoms with Gasteiger partial charge in [0.15, 0.2) is 11.5 Å². The standard InChI is InChI=1S/C19H12Cl2N8O/c20-11-6-15(21)17(22-7-11)28-10-12(8-23-28)25-19-26-16-14(18(30)27-19)9-24-29(16)13-4-2-1-3-5-13/h1-10H,(H2,25,26,27,30). The van der Waals surface area contributed by atoms with Crippen LogP contribution in [-0.4, -0.2) is 34.5 Å². The lowest BCUT2D eigenvalue weighted by atomic mass is 10.3. The second-order valence-electron chi connectivity index (χ2n) is 6.30. The minimum Gasteiger partial charge on any atom is -0.323 e. The molecule has 0 saturated carbocycles. The molecule has 5 rings (SSSR count). The predicted molar refractivity (Wildman–Crippen MR) is 114 cm³/mol. The number of hydrogen-bond donors (Lipinski definition) is 2. The number of anilines is 2. The average Bonchev–Trinajstić information content (AvgIpc) is 3.36. The van der Waals surface area contributed by atoms with Crippen LogP contribution in [0.3, 0.4) is 0 Å². The van der Waals surface area contributed by atoms with E-state index in [0.717, 1.165) is 5.69 Å². The number of hydrogen-bond acceptors (Lipinski definition) is 6. The Morgan fingerprint density at radius 2 is 1.87 bits per heavy atom. The molecule has 0 atom stereocenters. The van der Waals surface area contributed by atoms with Gasteiger partial charge >= 0.3 is 0 Å². The highest BCUT2D eigenvalue weighted by Gasteiger charge is 2.13. The number of para-hydroxylation sites is 1. The third kappa shape index (κ3) is 3.30. The third-order valence-electron chi connectivity index (χ3n) is 4.29. The summed E-state index contributed by atoms with van der Waals surface area (Å²) in [6, 6.07) is 11.0. The molecular weight excluding hydrogens is 427 g/mol. The Morgan fingerprint density at radius 3 is 2.67 bits per heavy atom. The van der Waals surface area contributed by atoms with Crippen LogP contribution in [0.2, 0.25) is 10.0 Å². The van der Waals surface area contributed by atoms with E-state index in [2.05, 4.69) is 30.5 Å². The van der Waals surface area contributed by atoms with E-state index < -0.39 is 0 Å². The number of H-pyrrole nitrogens is 1. The number of nitrogens with zero attached hydrogens (tertiary/aromatic N) is 6. The highest BCUT2D eigenvalue weighted by Crippen LogP contribution is 2.23. The van der Waals surface area contributed by atoms with Crippen LogP contribution in [0.5, 0.6) is 0 Å². The smallest absolute Gasteiger partial charge is 0.263 e. The number of rotatable bonds is 4. The number of halogens is 2. The predicted octanol–water partition coefficient (Wildman–Crippen LogP) is 3.74. The van der Waals surface area contributed by atoms with E-state index in [9.17, 15) is 4.79 Å². The van der Waals surface area contributed by atoms with Crippen LogP contribution in [-0.2, 0) is 0 Å². The fourth-order valence-electron chi connectivity index (χ4n) is 2.95. The van der Waals surface area contributed by atoms with Gasteiger partial charge in [0, 0.05) is 6.20 Å². The molecule has 0 radical (unpaired) electrons. The maximum atomic E-state index is 12.5. The molecule has 0 unspecified atom stereocenters. The first-order valence-corrected chi connectivity index (χ1v) is 9.51. The van der Waals surface area contributed by atoms with Gasteiger partial charge in [-0.1, -0.05) is 41.4 Å². The highest BCUT2D eigenvalue weighted by molar-refractivity contribution is 6.35. The van der Waals surface area contributed by atoms with Gasteiger partial charge in [-0.25, -0.2) is 14.3 Å². The molecule has 0 aliphatic rings. The van der Waals surface area contributed by atoms with Crippen molar-refractivity contribution in [2.45, 2.75) is 0 Å². The molecule has 4 aromatic heterocycles. The fourth-order valence-corrected chi connectivity index (χ4v) is 3.42. The topological polar surface area (TPSA) is 106 Å². The summed E-state index contributed by atoms with van der Waals surface area (Å²) in [6.07, 6.45) is 6.20. The van der Waals surface area contributed by atoms with Crippen LogP contribution in [0.25, 0.3) is 22.5 Å². The van der Waals surface area contributed by atoms with Crippen molar-refractivity contribution in [2.24, 2.45) is 0 Å². The number of aromatic amines is 1. The molecule has 0 saturated heterocycles. The van der Waals surface area contributed by atoms with Gasteiger partial charge in [-0.15, -0.1) is 0 Å². The van der Waals surface area contributed by atoms with Gasteiger partial charge in [-0.05, 0) is 18.2 Å². The van der Waals surface area contributed by atoms with Crippen LogP contribution >= 0.6 is 23.2 Å². The van der Waals surface area contributed by atoms with Crippen molar-refractivity contribution in [1.82, 2.24) is 34.5 Å². The Morgan fingerprint density at radius 1 is 1.03 bits per heavy atom. The summed E-state index contributed by atoms with van der Waals surface area (Å²) in [5, 5.41) is 12.7. The SMILES string of the molecule is O=c1[nH]c(Nc2cnn(-c3ncc(Cl)cc3Cl)c2)nc2c1cnn2-c1ccccc1. The summed E-state index contributed by atoms with van der Waals surface area (Å²) in [5.41, 5.74) is 1.51. The lowest BCUT2D eigenvalue weighted by Crippen LogP contribution is -2.11. The molecule has 0 fully saturated rings. The second kappa shape index (κ2) is 7.29. The molecule has 9 nitrogen and oxygen atoms in total. The molecule has 1 aromatic carbocycles. The molecule has 0 aliphatic carbocycles. The first-order chi connectivity index (χ1) is 14.6. The van der Waals surface area contributed by atoms with E-state index in [1.54, 1.807) is 23.1 Å². The molecule has 0 spiro atoms. The van der Waals surface area contributed by atoms with E-state index in [1.807, 2.05) is 30.3 Å². The van der Waals surface area contributed by atoms with E-state index in [-0.39, 0.29) is 11.5 Å². The summed E-state index contributed by atoms with van der Waals surface area (Å²) in [5.74, 6) is 0.674. The van der Waals surface area contributed by atoms with Crippen LogP contribution in [0.4, 0.5) is 11.6 Å². The zero-order valence-electron chi connectivity index (χ0n) is 15.1. The van der Waals surface area contributed by atoms with Gasteiger partial charge in [0.2, 0.25) is 5.95 Å². The Balaban J connectivity index is 1.50. The maximum Gasteiger partial charge on any atom is 0.263 e. The van der Waals surface area contributed by atoms with Crippen LogP contribution in [0, 0.1) is 0 Å². The summed E-state index contributed by atoms with van der Waals surface area (Å²) < 4.78 is 3.10. The second-order valence-corrected chi connectivity index (χ2v) is 7.14. The summed E-state index contributed by atoms with van der Waals surface area (Å²) in [4.78, 5) is 23.9. The molecular formula is C19H12Cl2N8O. The first kappa shape index (κ1) is 18.3. The van der Waals surface area contributed by atoms with Crippen LogP contribution < -0.4 is 10.9 Å². The zero-order valence-corrected chi connectivity index (χ0v) is 16.6. The van der Waals surface area contributed by atoms with Gasteiger partial charge in [0.1, 0.15) is 5.39 Å². The number of pyridine rings is 1. The van der Waals surface area contributed by atoms with Crippen molar-refractivity contribution in [3.63, 3.8) is 0 Å². The van der Waals surface area contributed by atoms with Gasteiger partial charge < -0.3 is 5.32 Å². The van der Waals surface area contributed by atoms with E-state index in [4.69, 9.17) is 23.2 Å². The van der Waals surface area contributed by atoms with Gasteiger partial charge in [-0.2, -0.15) is 15.2 Å². The van der Waals surface area contributed by atoms with Gasteiger partial charge in [-0.3, -0.25) is 9.78 Å².